The molecule has 0 aliphatic heterocycles. The largest absolute Gasteiger partial charge is 0.349 e. The third kappa shape index (κ3) is 3.67. The summed E-state index contributed by atoms with van der Waals surface area (Å²) in [5.41, 5.74) is 0. The maximum atomic E-state index is 4.22. The van der Waals surface area contributed by atoms with Gasteiger partial charge in [0, 0.05) is 24.9 Å². The molecule has 0 amide bonds. The van der Waals surface area contributed by atoms with Crippen LogP contribution < -0.4 is 5.32 Å². The van der Waals surface area contributed by atoms with E-state index in [1.54, 1.807) is 0 Å². The van der Waals surface area contributed by atoms with Crippen molar-refractivity contribution in [3.63, 3.8) is 0 Å². The summed E-state index contributed by atoms with van der Waals surface area (Å²) in [6.45, 7) is 1.13. The highest BCUT2D eigenvalue weighted by Crippen LogP contribution is 2.17. The Labute approximate surface area is 91.7 Å². The summed E-state index contributed by atoms with van der Waals surface area (Å²) in [6, 6.07) is 0.787. The molecule has 1 fully saturated rings. The Balaban J connectivity index is 1.54. The number of H-pyrrole nitrogens is 1. The second-order valence-electron chi connectivity index (χ2n) is 4.43. The van der Waals surface area contributed by atoms with Crippen LogP contribution in [-0.2, 0) is 6.42 Å². The van der Waals surface area contributed by atoms with Gasteiger partial charge in [-0.3, -0.25) is 0 Å². The van der Waals surface area contributed by atoms with Crippen LogP contribution in [-0.4, -0.2) is 22.6 Å². The number of aromatic amines is 1. The van der Waals surface area contributed by atoms with Gasteiger partial charge >= 0.3 is 0 Å². The van der Waals surface area contributed by atoms with Crippen molar-refractivity contribution in [3.05, 3.63) is 18.2 Å². The third-order valence-electron chi connectivity index (χ3n) is 3.18. The Hall–Kier alpha value is -0.830. The number of imidazole rings is 1. The van der Waals surface area contributed by atoms with Crippen LogP contribution in [0, 0.1) is 0 Å². The molecule has 1 aromatic heterocycles. The molecule has 0 bridgehead atoms. The van der Waals surface area contributed by atoms with E-state index in [4.69, 9.17) is 0 Å². The van der Waals surface area contributed by atoms with E-state index in [1.807, 2.05) is 12.4 Å². The van der Waals surface area contributed by atoms with Crippen LogP contribution in [0.2, 0.25) is 0 Å². The Bertz CT molecular complexity index is 250. The number of nitrogens with one attached hydrogen (secondary N) is 2. The van der Waals surface area contributed by atoms with Gasteiger partial charge in [0.25, 0.3) is 0 Å². The van der Waals surface area contributed by atoms with Crippen LogP contribution in [0.4, 0.5) is 0 Å². The maximum Gasteiger partial charge on any atom is 0.106 e. The van der Waals surface area contributed by atoms with Gasteiger partial charge in [-0.25, -0.2) is 4.98 Å². The molecule has 0 saturated heterocycles. The van der Waals surface area contributed by atoms with Crippen LogP contribution in [0.15, 0.2) is 12.4 Å². The first-order valence-electron chi connectivity index (χ1n) is 6.17. The molecule has 0 spiro atoms. The zero-order valence-electron chi connectivity index (χ0n) is 9.34. The minimum atomic E-state index is 0.787. The molecule has 1 heterocycles. The average Bonchev–Trinajstić information content (AvgIpc) is 2.79. The lowest BCUT2D eigenvalue weighted by molar-refractivity contribution is 0.372. The average molecular weight is 207 g/mol. The van der Waals surface area contributed by atoms with E-state index in [1.165, 1.54) is 38.5 Å². The molecule has 84 valence electrons. The maximum absolute atomic E-state index is 4.22. The molecule has 1 aliphatic rings. The topological polar surface area (TPSA) is 40.7 Å². The van der Waals surface area contributed by atoms with Crippen molar-refractivity contribution >= 4 is 0 Å². The minimum absolute atomic E-state index is 0.787. The van der Waals surface area contributed by atoms with Crippen molar-refractivity contribution < 1.29 is 0 Å². The molecule has 1 aromatic rings. The molecule has 0 radical (unpaired) electrons. The van der Waals surface area contributed by atoms with Crippen LogP contribution in [0.1, 0.15) is 44.3 Å². The van der Waals surface area contributed by atoms with Crippen LogP contribution in [0.25, 0.3) is 0 Å². The fourth-order valence-electron chi connectivity index (χ4n) is 2.30. The number of hydrogen-bond donors (Lipinski definition) is 2. The lowest BCUT2D eigenvalue weighted by atomic mass is 9.95. The fraction of sp³-hybridized carbons (Fsp3) is 0.750. The van der Waals surface area contributed by atoms with Gasteiger partial charge < -0.3 is 10.3 Å². The van der Waals surface area contributed by atoms with Crippen molar-refractivity contribution in [3.8, 4) is 0 Å². The van der Waals surface area contributed by atoms with Gasteiger partial charge in [-0.1, -0.05) is 19.3 Å². The van der Waals surface area contributed by atoms with Gasteiger partial charge in [-0.15, -0.1) is 0 Å². The zero-order chi connectivity index (χ0) is 10.3. The van der Waals surface area contributed by atoms with E-state index in [-0.39, 0.29) is 0 Å². The smallest absolute Gasteiger partial charge is 0.106 e. The zero-order valence-corrected chi connectivity index (χ0v) is 9.34. The summed E-state index contributed by atoms with van der Waals surface area (Å²) in [4.78, 5) is 7.35. The molecular formula is C12H21N3. The summed E-state index contributed by atoms with van der Waals surface area (Å²) >= 11 is 0. The number of rotatable bonds is 5. The fourth-order valence-corrected chi connectivity index (χ4v) is 2.30. The molecule has 1 aliphatic carbocycles. The van der Waals surface area contributed by atoms with E-state index in [9.17, 15) is 0 Å². The first-order valence-corrected chi connectivity index (χ1v) is 6.17. The van der Waals surface area contributed by atoms with Crippen LogP contribution >= 0.6 is 0 Å². The van der Waals surface area contributed by atoms with Crippen LogP contribution in [0.5, 0.6) is 0 Å². The van der Waals surface area contributed by atoms with Gasteiger partial charge in [0.15, 0.2) is 0 Å². The molecule has 1 saturated carbocycles. The summed E-state index contributed by atoms with van der Waals surface area (Å²) in [7, 11) is 0. The standard InChI is InChI=1S/C12H21N3/c1-2-5-11(6-3-1)13-8-4-7-12-14-9-10-15-12/h9-11,13H,1-8H2,(H,14,15). The molecule has 0 aromatic carbocycles. The Morgan fingerprint density at radius 3 is 2.93 bits per heavy atom. The SMILES string of the molecule is c1c[nH]c(CCCNC2CCCCC2)n1. The van der Waals surface area contributed by atoms with Crippen molar-refractivity contribution in [2.24, 2.45) is 0 Å². The van der Waals surface area contributed by atoms with E-state index in [0.29, 0.717) is 0 Å². The molecule has 3 nitrogen and oxygen atoms in total. The van der Waals surface area contributed by atoms with E-state index in [2.05, 4.69) is 15.3 Å². The Kier molecular flexibility index (Phi) is 4.21. The summed E-state index contributed by atoms with van der Waals surface area (Å²) < 4.78 is 0. The first kappa shape index (κ1) is 10.7. The Morgan fingerprint density at radius 2 is 2.20 bits per heavy atom. The van der Waals surface area contributed by atoms with Crippen molar-refractivity contribution in [2.45, 2.75) is 51.0 Å². The second-order valence-corrected chi connectivity index (χ2v) is 4.43. The first-order chi connectivity index (χ1) is 7.45. The number of aryl methyl sites for hydroxylation is 1. The monoisotopic (exact) mass is 207 g/mol. The number of nitrogens with zero attached hydrogens (tertiary/aromatic N) is 1. The van der Waals surface area contributed by atoms with Crippen molar-refractivity contribution in [1.29, 1.82) is 0 Å². The Morgan fingerprint density at radius 1 is 1.33 bits per heavy atom. The summed E-state index contributed by atoms with van der Waals surface area (Å²) in [5, 5.41) is 3.64. The lowest BCUT2D eigenvalue weighted by Crippen LogP contribution is -2.31. The summed E-state index contributed by atoms with van der Waals surface area (Å²) in [5.74, 6) is 1.11. The van der Waals surface area contributed by atoms with E-state index in [0.717, 1.165) is 24.8 Å². The molecule has 2 rings (SSSR count). The van der Waals surface area contributed by atoms with Gasteiger partial charge in [0.1, 0.15) is 5.82 Å². The normalized spacial score (nSPS) is 18.1. The molecule has 0 atom stereocenters. The predicted octanol–water partition coefficient (Wildman–Crippen LogP) is 2.26. The highest BCUT2D eigenvalue weighted by Gasteiger charge is 2.11. The quantitative estimate of drug-likeness (QED) is 0.727. The number of hydrogen-bond acceptors (Lipinski definition) is 2. The molecule has 0 unspecified atom stereocenters. The highest BCUT2D eigenvalue weighted by molar-refractivity contribution is 4.86. The van der Waals surface area contributed by atoms with E-state index < -0.39 is 0 Å². The minimum Gasteiger partial charge on any atom is -0.349 e. The summed E-state index contributed by atoms with van der Waals surface area (Å²) in [6.07, 6.45) is 13.0. The molecule has 3 heteroatoms. The molecule has 15 heavy (non-hydrogen) atoms. The lowest BCUT2D eigenvalue weighted by Gasteiger charge is -2.22. The molecule has 2 N–H and O–H groups in total. The van der Waals surface area contributed by atoms with Crippen LogP contribution in [0.3, 0.4) is 0 Å². The van der Waals surface area contributed by atoms with Crippen molar-refractivity contribution in [2.75, 3.05) is 6.54 Å². The highest BCUT2D eigenvalue weighted by atomic mass is 14.9. The van der Waals surface area contributed by atoms with Gasteiger partial charge in [-0.2, -0.15) is 0 Å². The van der Waals surface area contributed by atoms with Gasteiger partial charge in [0.2, 0.25) is 0 Å². The van der Waals surface area contributed by atoms with Gasteiger partial charge in [0.05, 0.1) is 0 Å². The molecular weight excluding hydrogens is 186 g/mol. The second kappa shape index (κ2) is 5.91. The number of aromatic nitrogens is 2. The van der Waals surface area contributed by atoms with Gasteiger partial charge in [-0.05, 0) is 25.8 Å². The van der Waals surface area contributed by atoms with E-state index >= 15 is 0 Å². The van der Waals surface area contributed by atoms with Crippen molar-refractivity contribution in [1.82, 2.24) is 15.3 Å². The predicted molar refractivity (Wildman–Crippen MR) is 61.8 cm³/mol. The third-order valence-corrected chi connectivity index (χ3v) is 3.18.